The van der Waals surface area contributed by atoms with Gasteiger partial charge < -0.3 is 4.90 Å². The van der Waals surface area contributed by atoms with E-state index in [0.717, 1.165) is 48.1 Å². The minimum Gasteiger partial charge on any atom is -0.339 e. The van der Waals surface area contributed by atoms with Crippen LogP contribution >= 0.6 is 0 Å². The molecule has 3 aromatic rings. The van der Waals surface area contributed by atoms with Crippen molar-refractivity contribution in [2.45, 2.75) is 12.8 Å². The lowest BCUT2D eigenvalue weighted by molar-refractivity contribution is 0.0793. The Hall–Kier alpha value is -2.76. The second kappa shape index (κ2) is 5.22. The molecular weight excluding hydrogens is 278 g/mol. The lowest BCUT2D eigenvalue weighted by Crippen LogP contribution is -2.27. The molecule has 0 spiro atoms. The number of fused-ring (bicyclic) bond motifs is 1. The van der Waals surface area contributed by atoms with Crippen LogP contribution in [0.15, 0.2) is 36.5 Å². The molecule has 1 fully saturated rings. The Morgan fingerprint density at radius 1 is 1.05 bits per heavy atom. The molecule has 2 aromatic heterocycles. The van der Waals surface area contributed by atoms with Gasteiger partial charge in [0.1, 0.15) is 5.52 Å². The van der Waals surface area contributed by atoms with Crippen LogP contribution in [0.3, 0.4) is 0 Å². The highest BCUT2D eigenvalue weighted by Gasteiger charge is 2.19. The number of nitrogens with zero attached hydrogens (tertiary/aromatic N) is 4. The van der Waals surface area contributed by atoms with Gasteiger partial charge in [-0.15, -0.1) is 5.10 Å². The molecule has 0 radical (unpaired) electrons. The van der Waals surface area contributed by atoms with Crippen LogP contribution in [-0.2, 0) is 0 Å². The monoisotopic (exact) mass is 293 g/mol. The Bertz CT molecular complexity index is 818. The van der Waals surface area contributed by atoms with Crippen molar-refractivity contribution in [3.8, 4) is 11.1 Å². The zero-order valence-electron chi connectivity index (χ0n) is 12.0. The maximum atomic E-state index is 12.3. The molecule has 22 heavy (non-hydrogen) atoms. The molecule has 1 aromatic carbocycles. The van der Waals surface area contributed by atoms with Gasteiger partial charge >= 0.3 is 0 Å². The summed E-state index contributed by atoms with van der Waals surface area (Å²) in [6, 6.07) is 9.59. The van der Waals surface area contributed by atoms with Gasteiger partial charge in [-0.25, -0.2) is 4.98 Å². The fourth-order valence-corrected chi connectivity index (χ4v) is 2.81. The second-order valence-corrected chi connectivity index (χ2v) is 5.47. The third-order valence-electron chi connectivity index (χ3n) is 4.03. The van der Waals surface area contributed by atoms with Gasteiger partial charge in [0.25, 0.3) is 5.91 Å². The molecule has 110 valence electrons. The minimum absolute atomic E-state index is 0.120. The van der Waals surface area contributed by atoms with Crippen molar-refractivity contribution < 1.29 is 4.79 Å². The summed E-state index contributed by atoms with van der Waals surface area (Å²) in [5.41, 5.74) is 4.04. The lowest BCUT2D eigenvalue weighted by Gasteiger charge is -2.15. The average Bonchev–Trinajstić information content (AvgIpc) is 3.25. The first-order valence-corrected chi connectivity index (χ1v) is 7.37. The average molecular weight is 293 g/mol. The van der Waals surface area contributed by atoms with Crippen LogP contribution in [-0.4, -0.2) is 44.3 Å². The van der Waals surface area contributed by atoms with Gasteiger partial charge in [0.2, 0.25) is 5.65 Å². The molecule has 6 nitrogen and oxygen atoms in total. The van der Waals surface area contributed by atoms with Crippen molar-refractivity contribution in [1.29, 1.82) is 0 Å². The summed E-state index contributed by atoms with van der Waals surface area (Å²) in [5, 5.41) is 10.5. The smallest absolute Gasteiger partial charge is 0.253 e. The van der Waals surface area contributed by atoms with E-state index in [9.17, 15) is 4.79 Å². The predicted octanol–water partition coefficient (Wildman–Crippen LogP) is 2.26. The first kappa shape index (κ1) is 12.9. The van der Waals surface area contributed by atoms with E-state index in [0.29, 0.717) is 5.65 Å². The van der Waals surface area contributed by atoms with Gasteiger partial charge in [-0.1, -0.05) is 12.1 Å². The molecule has 0 aliphatic carbocycles. The number of rotatable bonds is 2. The van der Waals surface area contributed by atoms with Gasteiger partial charge in [0.05, 0.1) is 0 Å². The zero-order valence-corrected chi connectivity index (χ0v) is 12.0. The molecule has 0 saturated carbocycles. The van der Waals surface area contributed by atoms with Gasteiger partial charge in [0, 0.05) is 30.4 Å². The van der Waals surface area contributed by atoms with Crippen molar-refractivity contribution in [3.63, 3.8) is 0 Å². The first-order chi connectivity index (χ1) is 10.8. The van der Waals surface area contributed by atoms with Crippen molar-refractivity contribution in [2.75, 3.05) is 13.1 Å². The lowest BCUT2D eigenvalue weighted by atomic mass is 10.0. The molecule has 3 heterocycles. The quantitative estimate of drug-likeness (QED) is 0.786. The number of aromatic amines is 1. The summed E-state index contributed by atoms with van der Waals surface area (Å²) in [6.07, 6.45) is 3.97. The molecular formula is C16H15N5O. The van der Waals surface area contributed by atoms with E-state index in [1.54, 1.807) is 6.20 Å². The van der Waals surface area contributed by atoms with E-state index in [2.05, 4.69) is 20.4 Å². The summed E-state index contributed by atoms with van der Waals surface area (Å²) in [5.74, 6) is 0.120. The number of likely N-dealkylation sites (tertiary alicyclic amines) is 1. The standard InChI is InChI=1S/C16H15N5O/c22-16(21-7-1-2-8-21)12-5-3-11(4-6-12)13-9-14-15(17-10-13)19-20-18-14/h3-6,9-10H,1-2,7-8H2,(H,17,18,19,20). The number of nitrogens with one attached hydrogen (secondary N) is 1. The Balaban J connectivity index is 1.61. The van der Waals surface area contributed by atoms with Crippen molar-refractivity contribution in [2.24, 2.45) is 0 Å². The van der Waals surface area contributed by atoms with E-state index >= 15 is 0 Å². The molecule has 0 unspecified atom stereocenters. The van der Waals surface area contributed by atoms with Gasteiger partial charge in [-0.2, -0.15) is 10.3 Å². The molecule has 6 heteroatoms. The van der Waals surface area contributed by atoms with Crippen LogP contribution in [0, 0.1) is 0 Å². The van der Waals surface area contributed by atoms with E-state index in [1.807, 2.05) is 35.2 Å². The highest BCUT2D eigenvalue weighted by atomic mass is 16.2. The molecule has 1 aliphatic rings. The maximum absolute atomic E-state index is 12.3. The zero-order chi connectivity index (χ0) is 14.9. The number of H-pyrrole nitrogens is 1. The second-order valence-electron chi connectivity index (χ2n) is 5.47. The summed E-state index contributed by atoms with van der Waals surface area (Å²) in [4.78, 5) is 18.5. The first-order valence-electron chi connectivity index (χ1n) is 7.37. The van der Waals surface area contributed by atoms with Gasteiger partial charge in [-0.05, 0) is 36.6 Å². The number of hydrogen-bond acceptors (Lipinski definition) is 4. The molecule has 0 atom stereocenters. The Morgan fingerprint density at radius 3 is 2.59 bits per heavy atom. The van der Waals surface area contributed by atoms with Crippen LogP contribution < -0.4 is 0 Å². The van der Waals surface area contributed by atoms with E-state index in [1.165, 1.54) is 0 Å². The molecule has 1 aliphatic heterocycles. The Morgan fingerprint density at radius 2 is 1.82 bits per heavy atom. The number of hydrogen-bond donors (Lipinski definition) is 1. The number of pyridine rings is 1. The van der Waals surface area contributed by atoms with Gasteiger partial charge in [-0.3, -0.25) is 4.79 Å². The van der Waals surface area contributed by atoms with Crippen LogP contribution in [0.1, 0.15) is 23.2 Å². The van der Waals surface area contributed by atoms with Crippen molar-refractivity contribution >= 4 is 17.1 Å². The largest absolute Gasteiger partial charge is 0.339 e. The molecule has 1 amide bonds. The fourth-order valence-electron chi connectivity index (χ4n) is 2.81. The maximum Gasteiger partial charge on any atom is 0.253 e. The van der Waals surface area contributed by atoms with Crippen LogP contribution in [0.2, 0.25) is 0 Å². The third-order valence-corrected chi connectivity index (χ3v) is 4.03. The number of aromatic nitrogens is 4. The molecule has 4 rings (SSSR count). The highest BCUT2D eigenvalue weighted by molar-refractivity contribution is 5.95. The summed E-state index contributed by atoms with van der Waals surface area (Å²) >= 11 is 0. The van der Waals surface area contributed by atoms with E-state index in [-0.39, 0.29) is 5.91 Å². The van der Waals surface area contributed by atoms with Crippen molar-refractivity contribution in [3.05, 3.63) is 42.1 Å². The van der Waals surface area contributed by atoms with Crippen LogP contribution in [0.25, 0.3) is 22.3 Å². The Kier molecular flexibility index (Phi) is 3.07. The normalized spacial score (nSPS) is 14.6. The number of carbonyl (C=O) groups excluding carboxylic acids is 1. The van der Waals surface area contributed by atoms with Gasteiger partial charge in [0.15, 0.2) is 0 Å². The SMILES string of the molecule is O=C(c1ccc(-c2cnc3n[nH]nc3c2)cc1)N1CCCC1. The van der Waals surface area contributed by atoms with E-state index < -0.39 is 0 Å². The number of benzene rings is 1. The minimum atomic E-state index is 0.120. The Labute approximate surface area is 127 Å². The van der Waals surface area contributed by atoms with Crippen LogP contribution in [0.5, 0.6) is 0 Å². The highest BCUT2D eigenvalue weighted by Crippen LogP contribution is 2.22. The summed E-state index contributed by atoms with van der Waals surface area (Å²) < 4.78 is 0. The molecule has 1 saturated heterocycles. The topological polar surface area (TPSA) is 74.8 Å². The van der Waals surface area contributed by atoms with Crippen molar-refractivity contribution in [1.82, 2.24) is 25.3 Å². The predicted molar refractivity (Wildman–Crippen MR) is 82.3 cm³/mol. The fraction of sp³-hybridized carbons (Fsp3) is 0.250. The third kappa shape index (κ3) is 2.22. The number of carbonyl (C=O) groups is 1. The molecule has 1 N–H and O–H groups in total. The van der Waals surface area contributed by atoms with E-state index in [4.69, 9.17) is 0 Å². The molecule has 0 bridgehead atoms. The van der Waals surface area contributed by atoms with Crippen LogP contribution in [0.4, 0.5) is 0 Å². The number of amides is 1. The summed E-state index contributed by atoms with van der Waals surface area (Å²) in [7, 11) is 0. The summed E-state index contributed by atoms with van der Waals surface area (Å²) in [6.45, 7) is 1.74.